The van der Waals surface area contributed by atoms with Crippen molar-refractivity contribution in [3.05, 3.63) is 59.0 Å². The van der Waals surface area contributed by atoms with Gasteiger partial charge in [-0.15, -0.1) is 0 Å². The highest BCUT2D eigenvalue weighted by atomic mass is 35.5. The van der Waals surface area contributed by atoms with E-state index >= 15 is 0 Å². The van der Waals surface area contributed by atoms with Crippen molar-refractivity contribution in [2.45, 2.75) is 19.5 Å². The quantitative estimate of drug-likeness (QED) is 0.834. The molecule has 2 aromatic rings. The minimum absolute atomic E-state index is 0.712. The number of halogens is 1. The molecule has 0 N–H and O–H groups in total. The van der Waals surface area contributed by atoms with Crippen LogP contribution >= 0.6 is 23.4 Å². The van der Waals surface area contributed by atoms with Crippen molar-refractivity contribution in [1.82, 2.24) is 4.90 Å². The van der Waals surface area contributed by atoms with E-state index in [2.05, 4.69) is 16.0 Å². The molecule has 2 heterocycles. The molecule has 1 aromatic carbocycles. The van der Waals surface area contributed by atoms with Gasteiger partial charge >= 0.3 is 0 Å². The zero-order valence-corrected chi connectivity index (χ0v) is 13.2. The van der Waals surface area contributed by atoms with Crippen molar-refractivity contribution in [2.24, 2.45) is 4.99 Å². The van der Waals surface area contributed by atoms with Crippen LogP contribution in [0.15, 0.2) is 52.1 Å². The summed E-state index contributed by atoms with van der Waals surface area (Å²) in [5.41, 5.74) is 1.11. The Hall–Kier alpha value is -1.39. The number of thioether (sulfide) groups is 1. The zero-order valence-electron chi connectivity index (χ0n) is 11.7. The summed E-state index contributed by atoms with van der Waals surface area (Å²) in [5.74, 6) is 2.06. The molecule has 5 heteroatoms. The van der Waals surface area contributed by atoms with E-state index in [-0.39, 0.29) is 0 Å². The maximum atomic E-state index is 6.29. The predicted octanol–water partition coefficient (Wildman–Crippen LogP) is 4.43. The molecule has 0 bridgehead atoms. The van der Waals surface area contributed by atoms with E-state index in [0.29, 0.717) is 6.54 Å². The van der Waals surface area contributed by atoms with Gasteiger partial charge < -0.3 is 9.32 Å². The van der Waals surface area contributed by atoms with E-state index < -0.39 is 0 Å². The molecule has 0 fully saturated rings. The van der Waals surface area contributed by atoms with Crippen molar-refractivity contribution in [2.75, 3.05) is 12.3 Å². The molecule has 110 valence electrons. The lowest BCUT2D eigenvalue weighted by Crippen LogP contribution is -2.30. The number of rotatable bonds is 4. The van der Waals surface area contributed by atoms with Gasteiger partial charge in [-0.25, -0.2) is 0 Å². The Kier molecular flexibility index (Phi) is 4.88. The summed E-state index contributed by atoms with van der Waals surface area (Å²) in [6, 6.07) is 11.9. The second-order valence-corrected chi connectivity index (χ2v) is 6.36. The summed E-state index contributed by atoms with van der Waals surface area (Å²) in [6.45, 7) is 2.36. The Morgan fingerprint density at radius 1 is 1.19 bits per heavy atom. The van der Waals surface area contributed by atoms with E-state index in [0.717, 1.165) is 46.8 Å². The molecule has 0 unspecified atom stereocenters. The third-order valence-electron chi connectivity index (χ3n) is 3.30. The summed E-state index contributed by atoms with van der Waals surface area (Å²) in [6.07, 6.45) is 2.85. The molecule has 1 aliphatic heterocycles. The van der Waals surface area contributed by atoms with Crippen LogP contribution in [0.25, 0.3) is 0 Å². The molecule has 3 nitrogen and oxygen atoms in total. The average molecular weight is 321 g/mol. The maximum absolute atomic E-state index is 6.29. The van der Waals surface area contributed by atoms with Crippen molar-refractivity contribution < 1.29 is 4.42 Å². The van der Waals surface area contributed by atoms with Gasteiger partial charge in [-0.3, -0.25) is 4.99 Å². The number of hydrogen-bond acceptors (Lipinski definition) is 4. The SMILES string of the molecule is Clc1ccccc1CN(Cc1ccco1)C1=NCCCS1. The highest BCUT2D eigenvalue weighted by molar-refractivity contribution is 8.13. The van der Waals surface area contributed by atoms with E-state index in [4.69, 9.17) is 16.0 Å². The Labute approximate surface area is 134 Å². The molecule has 0 radical (unpaired) electrons. The Bertz CT molecular complexity index is 612. The monoisotopic (exact) mass is 320 g/mol. The van der Waals surface area contributed by atoms with Gasteiger partial charge in [-0.05, 0) is 30.2 Å². The third kappa shape index (κ3) is 3.83. The van der Waals surface area contributed by atoms with E-state index in [1.165, 1.54) is 0 Å². The van der Waals surface area contributed by atoms with Crippen LogP contribution in [0.2, 0.25) is 5.02 Å². The molecule has 0 spiro atoms. The Morgan fingerprint density at radius 3 is 2.81 bits per heavy atom. The molecule has 0 aliphatic carbocycles. The van der Waals surface area contributed by atoms with Crippen LogP contribution in [0.3, 0.4) is 0 Å². The first-order valence-electron chi connectivity index (χ1n) is 7.01. The number of aliphatic imine (C=N–C) groups is 1. The van der Waals surface area contributed by atoms with E-state index in [9.17, 15) is 0 Å². The van der Waals surface area contributed by atoms with Crippen molar-refractivity contribution >= 4 is 28.5 Å². The van der Waals surface area contributed by atoms with Gasteiger partial charge in [0.25, 0.3) is 0 Å². The standard InChI is InChI=1S/C16H17ClN2OS/c17-15-7-2-1-5-13(15)11-19(12-14-6-3-9-20-14)16-18-8-4-10-21-16/h1-3,5-7,9H,4,8,10-12H2. The summed E-state index contributed by atoms with van der Waals surface area (Å²) in [5, 5.41) is 1.88. The summed E-state index contributed by atoms with van der Waals surface area (Å²) >= 11 is 8.10. The Morgan fingerprint density at radius 2 is 2.10 bits per heavy atom. The normalized spacial score (nSPS) is 14.8. The number of nitrogens with zero attached hydrogens (tertiary/aromatic N) is 2. The van der Waals surface area contributed by atoms with Crippen molar-refractivity contribution in [3.8, 4) is 0 Å². The van der Waals surface area contributed by atoms with Crippen LogP contribution in [-0.4, -0.2) is 22.4 Å². The first-order valence-corrected chi connectivity index (χ1v) is 8.37. The van der Waals surface area contributed by atoms with Crippen LogP contribution < -0.4 is 0 Å². The number of amidine groups is 1. The molecule has 1 aliphatic rings. The second kappa shape index (κ2) is 7.05. The van der Waals surface area contributed by atoms with E-state index in [1.807, 2.05) is 42.1 Å². The Balaban J connectivity index is 1.81. The maximum Gasteiger partial charge on any atom is 0.159 e. The molecule has 0 amide bonds. The van der Waals surface area contributed by atoms with Gasteiger partial charge in [0, 0.05) is 23.9 Å². The lowest BCUT2D eigenvalue weighted by atomic mass is 10.2. The average Bonchev–Trinajstić information content (AvgIpc) is 3.03. The molecule has 21 heavy (non-hydrogen) atoms. The van der Waals surface area contributed by atoms with Crippen molar-refractivity contribution in [1.29, 1.82) is 0 Å². The van der Waals surface area contributed by atoms with Crippen LogP contribution in [0, 0.1) is 0 Å². The van der Waals surface area contributed by atoms with Gasteiger partial charge in [0.15, 0.2) is 5.17 Å². The third-order valence-corrected chi connectivity index (χ3v) is 4.80. The largest absolute Gasteiger partial charge is 0.467 e. The van der Waals surface area contributed by atoms with Gasteiger partial charge in [0.2, 0.25) is 0 Å². The van der Waals surface area contributed by atoms with Crippen LogP contribution in [0.4, 0.5) is 0 Å². The lowest BCUT2D eigenvalue weighted by molar-refractivity contribution is 0.360. The molecule has 1 aromatic heterocycles. The predicted molar refractivity (Wildman–Crippen MR) is 88.8 cm³/mol. The highest BCUT2D eigenvalue weighted by Gasteiger charge is 2.17. The minimum Gasteiger partial charge on any atom is -0.467 e. The fourth-order valence-electron chi connectivity index (χ4n) is 2.25. The van der Waals surface area contributed by atoms with E-state index in [1.54, 1.807) is 6.26 Å². The molecular formula is C16H17ClN2OS. The minimum atomic E-state index is 0.712. The highest BCUT2D eigenvalue weighted by Crippen LogP contribution is 2.23. The topological polar surface area (TPSA) is 28.7 Å². The number of benzene rings is 1. The molecular weight excluding hydrogens is 304 g/mol. The fraction of sp³-hybridized carbons (Fsp3) is 0.312. The molecule has 0 saturated heterocycles. The smallest absolute Gasteiger partial charge is 0.159 e. The molecule has 3 rings (SSSR count). The number of furan rings is 1. The van der Waals surface area contributed by atoms with Crippen LogP contribution in [0.5, 0.6) is 0 Å². The van der Waals surface area contributed by atoms with Gasteiger partial charge in [-0.2, -0.15) is 0 Å². The summed E-state index contributed by atoms with van der Waals surface area (Å²) in [4.78, 5) is 6.90. The second-order valence-electron chi connectivity index (χ2n) is 4.89. The molecule has 0 atom stereocenters. The van der Waals surface area contributed by atoms with Gasteiger partial charge in [-0.1, -0.05) is 41.6 Å². The lowest BCUT2D eigenvalue weighted by Gasteiger charge is -2.27. The number of hydrogen-bond donors (Lipinski definition) is 0. The first kappa shape index (κ1) is 14.5. The van der Waals surface area contributed by atoms with Crippen molar-refractivity contribution in [3.63, 3.8) is 0 Å². The van der Waals surface area contributed by atoms with Gasteiger partial charge in [0.05, 0.1) is 12.8 Å². The summed E-state index contributed by atoms with van der Waals surface area (Å²) in [7, 11) is 0. The molecule has 0 saturated carbocycles. The fourth-order valence-corrected chi connectivity index (χ4v) is 3.40. The van der Waals surface area contributed by atoms with Crippen LogP contribution in [-0.2, 0) is 13.1 Å². The van der Waals surface area contributed by atoms with Crippen LogP contribution in [0.1, 0.15) is 17.7 Å². The first-order chi connectivity index (χ1) is 10.3. The summed E-state index contributed by atoms with van der Waals surface area (Å²) < 4.78 is 5.48. The van der Waals surface area contributed by atoms with Gasteiger partial charge in [0.1, 0.15) is 5.76 Å². The zero-order chi connectivity index (χ0) is 14.5.